The number of para-hydroxylation sites is 2. The molecule has 3 aromatic carbocycles. The Hall–Kier alpha value is -3.60. The number of ether oxygens (including phenoxy) is 1. The standard InChI is InChI=1S/C22H20N2O3/c1-27-20-14-12-17(13-15-20)22(26)24(19-10-6-3-7-11-19)16-21(25)23-18-8-4-2-5-9-18/h2-15H,16H2,1H3,(H,23,25). The van der Waals surface area contributed by atoms with Crippen molar-refractivity contribution >= 4 is 23.2 Å². The van der Waals surface area contributed by atoms with Crippen LogP contribution in [0.25, 0.3) is 0 Å². The van der Waals surface area contributed by atoms with E-state index in [1.54, 1.807) is 55.6 Å². The molecule has 136 valence electrons. The Labute approximate surface area is 158 Å². The number of methoxy groups -OCH3 is 1. The molecule has 5 heteroatoms. The van der Waals surface area contributed by atoms with E-state index < -0.39 is 0 Å². The smallest absolute Gasteiger partial charge is 0.258 e. The highest BCUT2D eigenvalue weighted by atomic mass is 16.5. The quantitative estimate of drug-likeness (QED) is 0.723. The molecule has 0 saturated carbocycles. The van der Waals surface area contributed by atoms with Crippen molar-refractivity contribution in [1.29, 1.82) is 0 Å². The van der Waals surface area contributed by atoms with E-state index in [2.05, 4.69) is 5.32 Å². The lowest BCUT2D eigenvalue weighted by Gasteiger charge is -2.22. The van der Waals surface area contributed by atoms with Crippen molar-refractivity contribution in [1.82, 2.24) is 0 Å². The van der Waals surface area contributed by atoms with Crippen LogP contribution in [0.2, 0.25) is 0 Å². The van der Waals surface area contributed by atoms with Gasteiger partial charge in [-0.25, -0.2) is 0 Å². The highest BCUT2D eigenvalue weighted by molar-refractivity contribution is 6.10. The van der Waals surface area contributed by atoms with Crippen LogP contribution in [-0.4, -0.2) is 25.5 Å². The molecule has 1 N–H and O–H groups in total. The maximum Gasteiger partial charge on any atom is 0.258 e. The van der Waals surface area contributed by atoms with Crippen molar-refractivity contribution in [2.24, 2.45) is 0 Å². The second kappa shape index (κ2) is 8.67. The van der Waals surface area contributed by atoms with Gasteiger partial charge in [0.05, 0.1) is 7.11 Å². The summed E-state index contributed by atoms with van der Waals surface area (Å²) < 4.78 is 5.14. The molecule has 0 heterocycles. The Morgan fingerprint density at radius 3 is 2.04 bits per heavy atom. The third-order valence-electron chi connectivity index (χ3n) is 4.01. The van der Waals surface area contributed by atoms with E-state index in [0.29, 0.717) is 22.7 Å². The number of carbonyl (C=O) groups is 2. The van der Waals surface area contributed by atoms with Crippen molar-refractivity contribution in [3.8, 4) is 5.75 Å². The number of nitrogens with zero attached hydrogens (tertiary/aromatic N) is 1. The molecule has 2 amide bonds. The van der Waals surface area contributed by atoms with Crippen LogP contribution in [0.3, 0.4) is 0 Å². The van der Waals surface area contributed by atoms with Gasteiger partial charge in [-0.2, -0.15) is 0 Å². The summed E-state index contributed by atoms with van der Waals surface area (Å²) in [5.74, 6) is 0.138. The normalized spacial score (nSPS) is 10.1. The first-order valence-corrected chi connectivity index (χ1v) is 8.53. The minimum absolute atomic E-state index is 0.0935. The summed E-state index contributed by atoms with van der Waals surface area (Å²) in [5, 5.41) is 2.81. The Kier molecular flexibility index (Phi) is 5.84. The lowest BCUT2D eigenvalue weighted by molar-refractivity contribution is -0.114. The fraction of sp³-hybridized carbons (Fsp3) is 0.0909. The van der Waals surface area contributed by atoms with Gasteiger partial charge in [0.2, 0.25) is 5.91 Å². The lowest BCUT2D eigenvalue weighted by Crippen LogP contribution is -2.38. The second-order valence-electron chi connectivity index (χ2n) is 5.87. The minimum atomic E-state index is -0.271. The molecule has 27 heavy (non-hydrogen) atoms. The van der Waals surface area contributed by atoms with E-state index in [1.807, 2.05) is 36.4 Å². The SMILES string of the molecule is COc1ccc(C(=O)N(CC(=O)Nc2ccccc2)c2ccccc2)cc1. The number of amides is 2. The maximum atomic E-state index is 13.0. The molecule has 0 aliphatic rings. The summed E-state index contributed by atoms with van der Waals surface area (Å²) in [5.41, 5.74) is 1.82. The fourth-order valence-electron chi connectivity index (χ4n) is 2.64. The van der Waals surface area contributed by atoms with Gasteiger partial charge >= 0.3 is 0 Å². The number of anilines is 2. The van der Waals surface area contributed by atoms with E-state index >= 15 is 0 Å². The van der Waals surface area contributed by atoms with Gasteiger partial charge in [0, 0.05) is 16.9 Å². The van der Waals surface area contributed by atoms with Gasteiger partial charge < -0.3 is 10.1 Å². The molecule has 0 atom stereocenters. The van der Waals surface area contributed by atoms with E-state index in [4.69, 9.17) is 4.74 Å². The van der Waals surface area contributed by atoms with Gasteiger partial charge in [0.25, 0.3) is 5.91 Å². The topological polar surface area (TPSA) is 58.6 Å². The molecule has 3 rings (SSSR count). The Bertz CT molecular complexity index is 894. The predicted molar refractivity (Wildman–Crippen MR) is 106 cm³/mol. The third-order valence-corrected chi connectivity index (χ3v) is 4.01. The first kappa shape index (κ1) is 18.2. The van der Waals surface area contributed by atoms with Crippen LogP contribution in [-0.2, 0) is 4.79 Å². The van der Waals surface area contributed by atoms with Crippen molar-refractivity contribution in [3.63, 3.8) is 0 Å². The van der Waals surface area contributed by atoms with Gasteiger partial charge in [-0.1, -0.05) is 36.4 Å². The van der Waals surface area contributed by atoms with E-state index in [9.17, 15) is 9.59 Å². The van der Waals surface area contributed by atoms with Gasteiger partial charge in [0.1, 0.15) is 12.3 Å². The summed E-state index contributed by atoms with van der Waals surface area (Å²) in [4.78, 5) is 27.0. The van der Waals surface area contributed by atoms with Crippen LogP contribution >= 0.6 is 0 Å². The Balaban J connectivity index is 1.82. The molecule has 5 nitrogen and oxygen atoms in total. The summed E-state index contributed by atoms with van der Waals surface area (Å²) in [6.45, 7) is -0.0935. The van der Waals surface area contributed by atoms with Gasteiger partial charge in [0.15, 0.2) is 0 Å². The van der Waals surface area contributed by atoms with Gasteiger partial charge in [-0.15, -0.1) is 0 Å². The van der Waals surface area contributed by atoms with Crippen molar-refractivity contribution in [2.75, 3.05) is 23.9 Å². The molecule has 0 aliphatic carbocycles. The highest BCUT2D eigenvalue weighted by Gasteiger charge is 2.20. The molecule has 0 unspecified atom stereocenters. The van der Waals surface area contributed by atoms with Crippen LogP contribution in [0.15, 0.2) is 84.9 Å². The molecular weight excluding hydrogens is 340 g/mol. The molecule has 0 bridgehead atoms. The fourth-order valence-corrected chi connectivity index (χ4v) is 2.64. The number of benzene rings is 3. The Morgan fingerprint density at radius 1 is 0.852 bits per heavy atom. The lowest BCUT2D eigenvalue weighted by atomic mass is 10.1. The molecule has 0 spiro atoms. The summed E-state index contributed by atoms with van der Waals surface area (Å²) in [6, 6.07) is 25.1. The number of nitrogens with one attached hydrogen (secondary N) is 1. The largest absolute Gasteiger partial charge is 0.497 e. The number of hydrogen-bond acceptors (Lipinski definition) is 3. The van der Waals surface area contributed by atoms with Crippen LogP contribution in [0.4, 0.5) is 11.4 Å². The number of hydrogen-bond donors (Lipinski definition) is 1. The average molecular weight is 360 g/mol. The average Bonchev–Trinajstić information content (AvgIpc) is 2.73. The van der Waals surface area contributed by atoms with Crippen LogP contribution in [0, 0.1) is 0 Å². The molecule has 0 aliphatic heterocycles. The number of carbonyl (C=O) groups excluding carboxylic acids is 2. The monoisotopic (exact) mass is 360 g/mol. The molecule has 0 radical (unpaired) electrons. The van der Waals surface area contributed by atoms with E-state index in [1.165, 1.54) is 4.90 Å². The maximum absolute atomic E-state index is 13.0. The summed E-state index contributed by atoms with van der Waals surface area (Å²) >= 11 is 0. The zero-order valence-corrected chi connectivity index (χ0v) is 15.0. The van der Waals surface area contributed by atoms with Crippen molar-refractivity contribution in [2.45, 2.75) is 0 Å². The predicted octanol–water partition coefficient (Wildman–Crippen LogP) is 3.98. The van der Waals surface area contributed by atoms with Crippen molar-refractivity contribution in [3.05, 3.63) is 90.5 Å². The second-order valence-corrected chi connectivity index (χ2v) is 5.87. The van der Waals surface area contributed by atoms with Gasteiger partial charge in [-0.3, -0.25) is 14.5 Å². The molecule has 0 fully saturated rings. The zero-order chi connectivity index (χ0) is 19.1. The van der Waals surface area contributed by atoms with Crippen LogP contribution < -0.4 is 15.0 Å². The first-order chi connectivity index (χ1) is 13.2. The van der Waals surface area contributed by atoms with Gasteiger partial charge in [-0.05, 0) is 48.5 Å². The van der Waals surface area contributed by atoms with Crippen LogP contribution in [0.1, 0.15) is 10.4 Å². The van der Waals surface area contributed by atoms with E-state index in [0.717, 1.165) is 0 Å². The highest BCUT2D eigenvalue weighted by Crippen LogP contribution is 2.19. The first-order valence-electron chi connectivity index (χ1n) is 8.53. The molecular formula is C22H20N2O3. The Morgan fingerprint density at radius 2 is 1.44 bits per heavy atom. The minimum Gasteiger partial charge on any atom is -0.497 e. The summed E-state index contributed by atoms with van der Waals surface area (Å²) in [7, 11) is 1.57. The molecule has 0 saturated heterocycles. The zero-order valence-electron chi connectivity index (χ0n) is 15.0. The van der Waals surface area contributed by atoms with Crippen LogP contribution in [0.5, 0.6) is 5.75 Å². The third kappa shape index (κ3) is 4.73. The molecule has 0 aromatic heterocycles. The molecule has 3 aromatic rings. The summed E-state index contributed by atoms with van der Waals surface area (Å²) in [6.07, 6.45) is 0. The number of rotatable bonds is 6. The van der Waals surface area contributed by atoms with Crippen molar-refractivity contribution < 1.29 is 14.3 Å². The van der Waals surface area contributed by atoms with E-state index in [-0.39, 0.29) is 18.4 Å².